The van der Waals surface area contributed by atoms with Crippen LogP contribution in [0.3, 0.4) is 0 Å². The number of hydrogen-bond donors (Lipinski definition) is 2. The molecular formula is C26H38N2O3. The lowest BCUT2D eigenvalue weighted by Gasteiger charge is -2.35. The van der Waals surface area contributed by atoms with Gasteiger partial charge in [-0.15, -0.1) is 0 Å². The number of aromatic nitrogens is 1. The zero-order valence-electron chi connectivity index (χ0n) is 20.3. The Morgan fingerprint density at radius 3 is 2.00 bits per heavy atom. The Morgan fingerprint density at radius 2 is 1.58 bits per heavy atom. The molecule has 2 aromatic rings. The molecule has 1 aromatic carbocycles. The van der Waals surface area contributed by atoms with Gasteiger partial charge in [0, 0.05) is 28.1 Å². The maximum Gasteiger partial charge on any atom is 0.408 e. The minimum atomic E-state index is -0.964. The molecule has 0 aliphatic carbocycles. The number of hydrogen-bond acceptors (Lipinski definition) is 3. The van der Waals surface area contributed by atoms with E-state index in [0.717, 1.165) is 45.6 Å². The van der Waals surface area contributed by atoms with Crippen LogP contribution in [0.2, 0.25) is 0 Å². The molecule has 31 heavy (non-hydrogen) atoms. The summed E-state index contributed by atoms with van der Waals surface area (Å²) in [6.07, 6.45) is 0.458. The van der Waals surface area contributed by atoms with Crippen LogP contribution in [0.15, 0.2) is 24.3 Å². The van der Waals surface area contributed by atoms with E-state index in [1.807, 2.05) is 34.6 Å². The minimum Gasteiger partial charge on any atom is -0.465 e. The van der Waals surface area contributed by atoms with Crippen LogP contribution in [0.4, 0.5) is 4.79 Å². The molecule has 5 nitrogen and oxygen atoms in total. The van der Waals surface area contributed by atoms with Gasteiger partial charge in [-0.25, -0.2) is 4.79 Å². The number of rotatable bonds is 6. The second-order valence-corrected chi connectivity index (χ2v) is 10.5. The zero-order chi connectivity index (χ0) is 23.6. The molecule has 1 amide bonds. The van der Waals surface area contributed by atoms with Gasteiger partial charge in [0.15, 0.2) is 0 Å². The monoisotopic (exact) mass is 426 g/mol. The highest BCUT2D eigenvalue weighted by Crippen LogP contribution is 2.36. The number of benzene rings is 1. The summed E-state index contributed by atoms with van der Waals surface area (Å²) < 4.78 is 0. The Hall–Kier alpha value is -2.40. The molecule has 0 atom stereocenters. The van der Waals surface area contributed by atoms with Crippen LogP contribution in [0.25, 0.3) is 11.1 Å². The fourth-order valence-electron chi connectivity index (χ4n) is 3.87. The molecular weight excluding hydrogens is 388 g/mol. The Morgan fingerprint density at radius 1 is 1.00 bits per heavy atom. The van der Waals surface area contributed by atoms with Crippen LogP contribution in [0, 0.1) is 12.3 Å². The number of pyridine rings is 1. The summed E-state index contributed by atoms with van der Waals surface area (Å²) in [5, 5.41) is 20.3. The van der Waals surface area contributed by atoms with E-state index in [-0.39, 0.29) is 18.6 Å². The third-order valence-corrected chi connectivity index (χ3v) is 5.46. The van der Waals surface area contributed by atoms with Gasteiger partial charge < -0.3 is 10.2 Å². The Balaban J connectivity index is 2.89. The van der Waals surface area contributed by atoms with Gasteiger partial charge in [-0.3, -0.25) is 9.88 Å². The Bertz CT molecular complexity index is 920. The number of aryl methyl sites for hydroxylation is 2. The lowest BCUT2D eigenvalue weighted by atomic mass is 9.84. The van der Waals surface area contributed by atoms with E-state index >= 15 is 0 Å². The van der Waals surface area contributed by atoms with Gasteiger partial charge in [-0.05, 0) is 57.1 Å². The zero-order valence-corrected chi connectivity index (χ0v) is 20.3. The molecule has 5 heteroatoms. The van der Waals surface area contributed by atoms with Gasteiger partial charge in [0.25, 0.3) is 0 Å². The van der Waals surface area contributed by atoms with Crippen molar-refractivity contribution in [1.29, 1.82) is 0 Å². The Labute approximate surface area is 187 Å². The molecule has 2 rings (SSSR count). The molecule has 0 fully saturated rings. The highest BCUT2D eigenvalue weighted by molar-refractivity contribution is 5.74. The van der Waals surface area contributed by atoms with Crippen molar-refractivity contribution in [1.82, 2.24) is 9.88 Å². The second-order valence-electron chi connectivity index (χ2n) is 10.5. The van der Waals surface area contributed by atoms with E-state index in [1.54, 1.807) is 0 Å². The maximum atomic E-state index is 12.2. The van der Waals surface area contributed by atoms with Gasteiger partial charge in [0.2, 0.25) is 0 Å². The number of aliphatic hydroxyl groups excluding tert-OH is 1. The third kappa shape index (κ3) is 6.07. The van der Waals surface area contributed by atoms with Crippen molar-refractivity contribution in [2.75, 3.05) is 0 Å². The normalized spacial score (nSPS) is 12.2. The van der Waals surface area contributed by atoms with E-state index in [0.29, 0.717) is 6.42 Å². The highest BCUT2D eigenvalue weighted by Gasteiger charge is 2.30. The van der Waals surface area contributed by atoms with Gasteiger partial charge in [0.05, 0.1) is 13.2 Å². The number of amides is 1. The highest BCUT2D eigenvalue weighted by atomic mass is 16.4. The van der Waals surface area contributed by atoms with Crippen molar-refractivity contribution >= 4 is 6.09 Å². The molecule has 0 saturated heterocycles. The predicted octanol–water partition coefficient (Wildman–Crippen LogP) is 5.98. The van der Waals surface area contributed by atoms with Crippen LogP contribution in [0.1, 0.15) is 76.5 Å². The van der Waals surface area contributed by atoms with Crippen molar-refractivity contribution in [2.45, 2.75) is 86.9 Å². The van der Waals surface area contributed by atoms with Crippen LogP contribution >= 0.6 is 0 Å². The first-order valence-corrected chi connectivity index (χ1v) is 11.0. The number of carboxylic acid groups (broad SMARTS) is 1. The topological polar surface area (TPSA) is 73.7 Å². The predicted molar refractivity (Wildman–Crippen MR) is 126 cm³/mol. The van der Waals surface area contributed by atoms with Crippen molar-refractivity contribution in [3.63, 3.8) is 0 Å². The summed E-state index contributed by atoms with van der Waals surface area (Å²) >= 11 is 0. The largest absolute Gasteiger partial charge is 0.465 e. The molecule has 0 aliphatic rings. The summed E-state index contributed by atoms with van der Waals surface area (Å²) in [7, 11) is 0. The standard InChI is InChI=1S/C26H38N2O3/c1-9-21-20(16-29)23(18-12-10-17(2)11-13-18)19(22(27-21)14-25(3,4)5)15-28(24(30)31)26(6,7)8/h10-13,29H,9,14-16H2,1-8H3,(H,30,31). The second kappa shape index (κ2) is 9.39. The van der Waals surface area contributed by atoms with Gasteiger partial charge in [-0.2, -0.15) is 0 Å². The maximum absolute atomic E-state index is 12.2. The first-order valence-electron chi connectivity index (χ1n) is 11.0. The smallest absolute Gasteiger partial charge is 0.408 e. The first kappa shape index (κ1) is 24.9. The SMILES string of the molecule is CCc1nc(CC(C)(C)C)c(CN(C(=O)O)C(C)(C)C)c(-c2ccc(C)cc2)c1CO. The number of aliphatic hydroxyl groups is 1. The Kier molecular flexibility index (Phi) is 7.53. The molecule has 170 valence electrons. The van der Waals surface area contributed by atoms with Gasteiger partial charge >= 0.3 is 6.09 Å². The van der Waals surface area contributed by atoms with Crippen molar-refractivity contribution in [2.24, 2.45) is 5.41 Å². The molecule has 0 bridgehead atoms. The molecule has 0 radical (unpaired) electrons. The quantitative estimate of drug-likeness (QED) is 0.596. The van der Waals surface area contributed by atoms with E-state index in [9.17, 15) is 15.0 Å². The fraction of sp³-hybridized carbons (Fsp3) is 0.538. The van der Waals surface area contributed by atoms with Crippen molar-refractivity contribution < 1.29 is 15.0 Å². The van der Waals surface area contributed by atoms with E-state index in [2.05, 4.69) is 45.0 Å². The molecule has 0 aliphatic heterocycles. The first-order chi connectivity index (χ1) is 14.3. The summed E-state index contributed by atoms with van der Waals surface area (Å²) in [5.74, 6) is 0. The summed E-state index contributed by atoms with van der Waals surface area (Å²) in [6, 6.07) is 8.20. The third-order valence-electron chi connectivity index (χ3n) is 5.46. The van der Waals surface area contributed by atoms with E-state index < -0.39 is 11.6 Å². The minimum absolute atomic E-state index is 0.0200. The number of nitrogens with zero attached hydrogens (tertiary/aromatic N) is 2. The van der Waals surface area contributed by atoms with Gasteiger partial charge in [0.1, 0.15) is 0 Å². The molecule has 1 heterocycles. The molecule has 0 spiro atoms. The van der Waals surface area contributed by atoms with Crippen molar-refractivity contribution in [3.05, 3.63) is 52.3 Å². The molecule has 0 unspecified atom stereocenters. The summed E-state index contributed by atoms with van der Waals surface area (Å²) in [6.45, 7) is 16.3. The lowest BCUT2D eigenvalue weighted by molar-refractivity contribution is 0.0953. The van der Waals surface area contributed by atoms with Crippen LogP contribution in [0.5, 0.6) is 0 Å². The van der Waals surface area contributed by atoms with Gasteiger partial charge in [-0.1, -0.05) is 57.5 Å². The molecule has 1 aromatic heterocycles. The van der Waals surface area contributed by atoms with E-state index in [4.69, 9.17) is 4.98 Å². The number of carbonyl (C=O) groups is 1. The van der Waals surface area contributed by atoms with Crippen molar-refractivity contribution in [3.8, 4) is 11.1 Å². The van der Waals surface area contributed by atoms with Crippen LogP contribution < -0.4 is 0 Å². The van der Waals surface area contributed by atoms with E-state index in [1.165, 1.54) is 4.90 Å². The average Bonchev–Trinajstić information content (AvgIpc) is 2.64. The van der Waals surface area contributed by atoms with Crippen LogP contribution in [-0.4, -0.2) is 31.7 Å². The summed E-state index contributed by atoms with van der Waals surface area (Å²) in [4.78, 5) is 18.6. The lowest BCUT2D eigenvalue weighted by Crippen LogP contribution is -2.44. The molecule has 2 N–H and O–H groups in total. The summed E-state index contributed by atoms with van der Waals surface area (Å²) in [5.41, 5.74) is 5.92. The fourth-order valence-corrected chi connectivity index (χ4v) is 3.87. The van der Waals surface area contributed by atoms with Crippen LogP contribution in [-0.2, 0) is 26.0 Å². The average molecular weight is 427 g/mol. The molecule has 0 saturated carbocycles.